The molecule has 0 heterocycles. The van der Waals surface area contributed by atoms with Crippen molar-refractivity contribution < 1.29 is 24.6 Å². The van der Waals surface area contributed by atoms with Crippen LogP contribution in [-0.4, -0.2) is 54.9 Å². The predicted octanol–water partition coefficient (Wildman–Crippen LogP) is -3.12. The molecule has 0 unspecified atom stereocenters. The maximum atomic E-state index is 10.2. The Morgan fingerprint density at radius 2 is 1.38 bits per heavy atom. The van der Waals surface area contributed by atoms with Gasteiger partial charge in [0.1, 0.15) is 4.91 Å². The van der Waals surface area contributed by atoms with E-state index in [-0.39, 0.29) is 37.7 Å². The molecule has 0 aliphatic carbocycles. The van der Waals surface area contributed by atoms with Gasteiger partial charge in [0.15, 0.2) is 0 Å². The molecule has 0 aliphatic heterocycles. The maximum absolute atomic E-state index is 10.2. The second kappa shape index (κ2) is 7.64. The van der Waals surface area contributed by atoms with Crippen LogP contribution in [0.5, 0.6) is 0 Å². The van der Waals surface area contributed by atoms with Crippen LogP contribution in [0, 0.1) is 4.91 Å². The first-order valence-electron chi connectivity index (χ1n) is 2.44. The van der Waals surface area contributed by atoms with Gasteiger partial charge in [0.2, 0.25) is 0 Å². The molecule has 0 bridgehead atoms. The van der Waals surface area contributed by atoms with Gasteiger partial charge in [0.25, 0.3) is 0 Å². The number of urea groups is 2. The van der Waals surface area contributed by atoms with Crippen LogP contribution in [0.3, 0.4) is 0 Å². The number of hydrogen-bond acceptors (Lipinski definition) is 5. The third-order valence-electron chi connectivity index (χ3n) is 0.442. The molecule has 0 aromatic carbocycles. The number of primary amides is 2. The van der Waals surface area contributed by atoms with Gasteiger partial charge in [-0.1, -0.05) is 11.0 Å². The monoisotopic (exact) mass is 222 g/mol. The number of nitrogens with zero attached hydrogens (tertiary/aromatic N) is 1. The second-order valence-electron chi connectivity index (χ2n) is 1.34. The van der Waals surface area contributed by atoms with E-state index < -0.39 is 17.1 Å². The number of nitrogens with two attached hydrogens (primary N) is 2. The van der Waals surface area contributed by atoms with Crippen molar-refractivity contribution in [2.45, 2.75) is 0 Å². The molecule has 72 valence electrons. The molecule has 0 radical (unpaired) electrons. The first-order valence-corrected chi connectivity index (χ1v) is 2.44. The van der Waals surface area contributed by atoms with Gasteiger partial charge in [0, 0.05) is 0 Å². The third kappa shape index (κ3) is 11.0. The Bertz CT molecular complexity index is 187. The average Bonchev–Trinajstić information content (AvgIpc) is 1.96. The van der Waals surface area contributed by atoms with Gasteiger partial charge < -0.3 is 11.5 Å². The van der Waals surface area contributed by atoms with Crippen LogP contribution in [0.2, 0.25) is 0 Å². The zero-order valence-electron chi connectivity index (χ0n) is 5.64. The molecule has 13 heavy (non-hydrogen) atoms. The van der Waals surface area contributed by atoms with Gasteiger partial charge in [-0.25, -0.2) is 9.59 Å². The standard InChI is InChI=1S/C2H5N5O5.Ca.2H/c3-1(8)5-11-7(10)12-6-2(4)9;;;/h(H5-,3,4,5,6,8,9);;;/p+1. The molecule has 10 nitrogen and oxygen atoms in total. The SMILES string of the molecule is NC(=O)NO[N+](=O)ONC(N)=O.[CaH2]. The summed E-state index contributed by atoms with van der Waals surface area (Å²) in [4.78, 5) is 37.4. The van der Waals surface area contributed by atoms with E-state index in [1.165, 1.54) is 11.0 Å². The molecule has 11 heteroatoms. The van der Waals surface area contributed by atoms with Crippen LogP contribution in [-0.2, 0) is 9.88 Å². The van der Waals surface area contributed by atoms with E-state index in [4.69, 9.17) is 0 Å². The van der Waals surface area contributed by atoms with E-state index in [2.05, 4.69) is 21.3 Å². The first-order chi connectivity index (χ1) is 5.52. The summed E-state index contributed by atoms with van der Waals surface area (Å²) in [5.41, 5.74) is 11.8. The zero-order chi connectivity index (χ0) is 9.56. The molecule has 0 saturated carbocycles. The van der Waals surface area contributed by atoms with Gasteiger partial charge >= 0.3 is 54.9 Å². The van der Waals surface area contributed by atoms with Crippen LogP contribution in [0.1, 0.15) is 0 Å². The van der Waals surface area contributed by atoms with Crippen molar-refractivity contribution in [3.8, 4) is 0 Å². The molecule has 0 fully saturated rings. The Balaban J connectivity index is 0. The van der Waals surface area contributed by atoms with E-state index in [9.17, 15) is 14.5 Å². The van der Waals surface area contributed by atoms with Gasteiger partial charge in [-0.3, -0.25) is 0 Å². The van der Waals surface area contributed by atoms with Crippen molar-refractivity contribution in [1.82, 2.24) is 11.0 Å². The molecule has 6 N–H and O–H groups in total. The summed E-state index contributed by atoms with van der Waals surface area (Å²) in [7, 11) is 0. The van der Waals surface area contributed by atoms with Crippen molar-refractivity contribution in [2.75, 3.05) is 0 Å². The van der Waals surface area contributed by atoms with E-state index in [1.807, 2.05) is 0 Å². The fourth-order valence-electron chi connectivity index (χ4n) is 0.183. The minimum absolute atomic E-state index is 0. The Labute approximate surface area is 101 Å². The minimum atomic E-state index is -1.11. The van der Waals surface area contributed by atoms with Gasteiger partial charge in [0.05, 0.1) is 0 Å². The van der Waals surface area contributed by atoms with E-state index in [0.29, 0.717) is 0 Å². The molecular formula is C2H8CaN5O5+. The summed E-state index contributed by atoms with van der Waals surface area (Å²) in [6.45, 7) is 0. The molecule has 0 rings (SSSR count). The van der Waals surface area contributed by atoms with Crippen molar-refractivity contribution in [3.63, 3.8) is 0 Å². The molecule has 0 aliphatic rings. The molecule has 0 saturated heterocycles. The number of carbonyl (C=O) groups excluding carboxylic acids is 2. The van der Waals surface area contributed by atoms with Gasteiger partial charge in [-0.2, -0.15) is 0 Å². The van der Waals surface area contributed by atoms with Gasteiger partial charge in [-0.05, 0) is 9.88 Å². The fraction of sp³-hybridized carbons (Fsp3) is 0. The number of amides is 4. The topological polar surface area (TPSA) is 149 Å². The number of nitrogens with one attached hydrogen (secondary N) is 2. The quantitative estimate of drug-likeness (QED) is 0.293. The van der Waals surface area contributed by atoms with Crippen molar-refractivity contribution in [2.24, 2.45) is 11.5 Å². The second-order valence-corrected chi connectivity index (χ2v) is 1.34. The molecule has 0 aromatic heterocycles. The zero-order valence-corrected chi connectivity index (χ0v) is 5.64. The van der Waals surface area contributed by atoms with Crippen LogP contribution in [0.25, 0.3) is 0 Å². The fourth-order valence-corrected chi connectivity index (χ4v) is 0.183. The van der Waals surface area contributed by atoms with E-state index in [0.717, 1.165) is 0 Å². The molecule has 0 spiro atoms. The molecule has 0 atom stereocenters. The van der Waals surface area contributed by atoms with Crippen LogP contribution in [0.15, 0.2) is 0 Å². The Hall–Kier alpha value is -1.00. The number of carbonyl (C=O) groups is 2. The normalized spacial score (nSPS) is 7.38. The van der Waals surface area contributed by atoms with Crippen LogP contribution in [0.4, 0.5) is 9.59 Å². The number of hydroxylamine groups is 2. The first kappa shape index (κ1) is 14.5. The van der Waals surface area contributed by atoms with Crippen molar-refractivity contribution >= 4 is 49.8 Å². The van der Waals surface area contributed by atoms with Crippen molar-refractivity contribution in [1.29, 1.82) is 0 Å². The molecule has 0 aromatic rings. The van der Waals surface area contributed by atoms with Crippen LogP contribution < -0.4 is 22.4 Å². The number of hydrogen-bond donors (Lipinski definition) is 4. The Kier molecular flexibility index (Phi) is 8.53. The summed E-state index contributed by atoms with van der Waals surface area (Å²) in [6, 6.07) is -2.22. The summed E-state index contributed by atoms with van der Waals surface area (Å²) in [5, 5.41) is -0.629. The summed E-state index contributed by atoms with van der Waals surface area (Å²) < 4.78 is 0. The molecular weight excluding hydrogens is 214 g/mol. The van der Waals surface area contributed by atoms with Gasteiger partial charge in [-0.15, -0.1) is 0 Å². The summed E-state index contributed by atoms with van der Waals surface area (Å²) in [6.07, 6.45) is 0. The Morgan fingerprint density at radius 3 is 1.62 bits per heavy atom. The van der Waals surface area contributed by atoms with E-state index >= 15 is 0 Å². The van der Waals surface area contributed by atoms with Crippen molar-refractivity contribution in [3.05, 3.63) is 4.91 Å². The average molecular weight is 222 g/mol. The molecule has 4 amide bonds. The summed E-state index contributed by atoms with van der Waals surface area (Å²) in [5.74, 6) is 0. The number of rotatable bonds is 4. The van der Waals surface area contributed by atoms with E-state index in [1.54, 1.807) is 0 Å². The summed E-state index contributed by atoms with van der Waals surface area (Å²) >= 11 is 0. The Morgan fingerprint density at radius 1 is 1.08 bits per heavy atom. The third-order valence-corrected chi connectivity index (χ3v) is 0.442. The van der Waals surface area contributed by atoms with Crippen LogP contribution >= 0.6 is 0 Å². The predicted molar refractivity (Wildman–Crippen MR) is 39.8 cm³/mol.